The zero-order valence-corrected chi connectivity index (χ0v) is 8.79. The Morgan fingerprint density at radius 2 is 2.19 bits per heavy atom. The molecule has 0 aliphatic carbocycles. The summed E-state index contributed by atoms with van der Waals surface area (Å²) in [4.78, 5) is 13.4. The Morgan fingerprint density at radius 1 is 1.56 bits per heavy atom. The third kappa shape index (κ3) is 3.51. The molecule has 0 bridgehead atoms. The van der Waals surface area contributed by atoms with Gasteiger partial charge in [0.15, 0.2) is 0 Å². The lowest BCUT2D eigenvalue weighted by Crippen LogP contribution is -2.31. The molecule has 2 N–H and O–H groups in total. The van der Waals surface area contributed by atoms with Crippen molar-refractivity contribution in [3.8, 4) is 0 Å². The van der Waals surface area contributed by atoms with Crippen LogP contribution in [0.2, 0.25) is 0 Å². The molecule has 6 nitrogen and oxygen atoms in total. The summed E-state index contributed by atoms with van der Waals surface area (Å²) in [5.41, 5.74) is 9.91. The van der Waals surface area contributed by atoms with E-state index in [1.807, 2.05) is 19.1 Å². The number of carboxylic acid groups (broad SMARTS) is 1. The van der Waals surface area contributed by atoms with Crippen molar-refractivity contribution in [1.29, 1.82) is 0 Å². The van der Waals surface area contributed by atoms with Crippen LogP contribution in [0, 0.1) is 6.92 Å². The van der Waals surface area contributed by atoms with Crippen LogP contribution in [-0.2, 0) is 4.79 Å². The van der Waals surface area contributed by atoms with Crippen LogP contribution >= 0.6 is 0 Å². The molecule has 0 heterocycles. The molecule has 1 aromatic rings. The van der Waals surface area contributed by atoms with Crippen molar-refractivity contribution in [1.82, 2.24) is 0 Å². The molecule has 1 rings (SSSR count). The summed E-state index contributed by atoms with van der Waals surface area (Å²) in [7, 11) is 0. The molecule has 0 radical (unpaired) electrons. The number of rotatable bonds is 5. The first-order valence-corrected chi connectivity index (χ1v) is 4.70. The van der Waals surface area contributed by atoms with Crippen LogP contribution in [-0.4, -0.2) is 23.7 Å². The van der Waals surface area contributed by atoms with Gasteiger partial charge in [-0.25, -0.2) is 4.79 Å². The van der Waals surface area contributed by atoms with Crippen LogP contribution in [0.3, 0.4) is 0 Å². The topological polar surface area (TPSA) is 98.1 Å². The highest BCUT2D eigenvalue weighted by molar-refractivity contribution is 5.77. The zero-order chi connectivity index (χ0) is 12.0. The van der Waals surface area contributed by atoms with E-state index in [-0.39, 0.29) is 6.54 Å². The second-order valence-corrected chi connectivity index (χ2v) is 3.31. The van der Waals surface area contributed by atoms with E-state index in [0.717, 1.165) is 5.56 Å². The smallest absolute Gasteiger partial charge is 0.326 e. The lowest BCUT2D eigenvalue weighted by atomic mass is 10.2. The molecule has 6 heteroatoms. The van der Waals surface area contributed by atoms with Crippen molar-refractivity contribution in [2.45, 2.75) is 13.0 Å². The van der Waals surface area contributed by atoms with E-state index in [2.05, 4.69) is 15.3 Å². The number of benzene rings is 1. The van der Waals surface area contributed by atoms with Crippen molar-refractivity contribution < 1.29 is 9.90 Å². The first-order valence-electron chi connectivity index (χ1n) is 4.70. The Kier molecular flexibility index (Phi) is 4.17. The average Bonchev–Trinajstić information content (AvgIpc) is 2.26. The molecule has 1 unspecified atom stereocenters. The third-order valence-corrected chi connectivity index (χ3v) is 2.02. The number of hydrogen-bond donors (Lipinski definition) is 2. The SMILES string of the molecule is Cc1ccc(NC(CN=[N+]=[N-])C(=O)O)cc1. The number of nitrogens with zero attached hydrogens (tertiary/aromatic N) is 3. The van der Waals surface area contributed by atoms with Gasteiger partial charge in [0.1, 0.15) is 6.04 Å². The maximum absolute atomic E-state index is 10.8. The number of carboxylic acids is 1. The Balaban J connectivity index is 2.71. The minimum atomic E-state index is -1.05. The fourth-order valence-electron chi connectivity index (χ4n) is 1.15. The first kappa shape index (κ1) is 11.9. The van der Waals surface area contributed by atoms with E-state index in [1.165, 1.54) is 0 Å². The molecule has 1 atom stereocenters. The number of aryl methyl sites for hydroxylation is 1. The fourth-order valence-corrected chi connectivity index (χ4v) is 1.15. The highest BCUT2D eigenvalue weighted by Crippen LogP contribution is 2.10. The van der Waals surface area contributed by atoms with Gasteiger partial charge in [-0.05, 0) is 24.6 Å². The van der Waals surface area contributed by atoms with E-state index in [4.69, 9.17) is 10.6 Å². The Morgan fingerprint density at radius 3 is 2.69 bits per heavy atom. The summed E-state index contributed by atoms with van der Waals surface area (Å²) in [6.07, 6.45) is 0. The quantitative estimate of drug-likeness (QED) is 0.452. The van der Waals surface area contributed by atoms with Crippen LogP contribution in [0.15, 0.2) is 29.4 Å². The lowest BCUT2D eigenvalue weighted by molar-refractivity contribution is -0.137. The van der Waals surface area contributed by atoms with Crippen molar-refractivity contribution >= 4 is 11.7 Å². The van der Waals surface area contributed by atoms with Crippen LogP contribution in [0.25, 0.3) is 10.4 Å². The highest BCUT2D eigenvalue weighted by Gasteiger charge is 2.15. The Hall–Kier alpha value is -2.20. The molecule has 0 aliphatic heterocycles. The maximum atomic E-state index is 10.8. The summed E-state index contributed by atoms with van der Waals surface area (Å²) < 4.78 is 0. The van der Waals surface area contributed by atoms with E-state index >= 15 is 0 Å². The molecule has 0 aromatic heterocycles. The van der Waals surface area contributed by atoms with Crippen molar-refractivity contribution in [3.05, 3.63) is 40.3 Å². The summed E-state index contributed by atoms with van der Waals surface area (Å²) in [6.45, 7) is 1.82. The van der Waals surface area contributed by atoms with Gasteiger partial charge in [-0.1, -0.05) is 22.8 Å². The molecule has 0 saturated carbocycles. The molecule has 0 fully saturated rings. The van der Waals surface area contributed by atoms with Crippen molar-refractivity contribution in [2.75, 3.05) is 11.9 Å². The predicted octanol–water partition coefficient (Wildman–Crippen LogP) is 2.17. The normalized spacial score (nSPS) is 11.3. The van der Waals surface area contributed by atoms with Crippen LogP contribution < -0.4 is 5.32 Å². The summed E-state index contributed by atoms with van der Waals surface area (Å²) in [5, 5.41) is 14.9. The van der Waals surface area contributed by atoms with Gasteiger partial charge in [0.25, 0.3) is 0 Å². The zero-order valence-electron chi connectivity index (χ0n) is 8.79. The van der Waals surface area contributed by atoms with E-state index in [1.54, 1.807) is 12.1 Å². The Labute approximate surface area is 92.5 Å². The van der Waals surface area contributed by atoms with Crippen molar-refractivity contribution in [2.24, 2.45) is 5.11 Å². The molecule has 0 amide bonds. The van der Waals surface area contributed by atoms with Gasteiger partial charge in [0.2, 0.25) is 0 Å². The Bertz CT molecular complexity index is 409. The van der Waals surface area contributed by atoms with E-state index in [0.29, 0.717) is 5.69 Å². The largest absolute Gasteiger partial charge is 0.480 e. The van der Waals surface area contributed by atoms with Gasteiger partial charge >= 0.3 is 5.97 Å². The summed E-state index contributed by atoms with van der Waals surface area (Å²) in [6, 6.07) is 6.39. The third-order valence-electron chi connectivity index (χ3n) is 2.02. The number of aliphatic carboxylic acids is 1. The number of carbonyl (C=O) groups is 1. The number of azide groups is 1. The summed E-state index contributed by atoms with van der Waals surface area (Å²) >= 11 is 0. The molecule has 0 aliphatic rings. The molecule has 16 heavy (non-hydrogen) atoms. The van der Waals surface area contributed by atoms with Crippen molar-refractivity contribution in [3.63, 3.8) is 0 Å². The molecular weight excluding hydrogens is 208 g/mol. The van der Waals surface area contributed by atoms with E-state index in [9.17, 15) is 4.79 Å². The van der Waals surface area contributed by atoms with Crippen LogP contribution in [0.1, 0.15) is 5.56 Å². The maximum Gasteiger partial charge on any atom is 0.326 e. The van der Waals surface area contributed by atoms with Crippen LogP contribution in [0.4, 0.5) is 5.69 Å². The predicted molar refractivity (Wildman–Crippen MR) is 60.2 cm³/mol. The minimum absolute atomic E-state index is 0.125. The van der Waals surface area contributed by atoms with Gasteiger partial charge in [0, 0.05) is 10.6 Å². The van der Waals surface area contributed by atoms with Gasteiger partial charge in [-0.3, -0.25) is 0 Å². The number of nitrogens with one attached hydrogen (secondary N) is 1. The van der Waals surface area contributed by atoms with Gasteiger partial charge in [-0.15, -0.1) is 0 Å². The van der Waals surface area contributed by atoms with E-state index < -0.39 is 12.0 Å². The molecule has 0 saturated heterocycles. The molecule has 84 valence electrons. The number of anilines is 1. The molecule has 1 aromatic carbocycles. The first-order chi connectivity index (χ1) is 7.63. The van der Waals surface area contributed by atoms with Gasteiger partial charge in [0.05, 0.1) is 6.54 Å². The second-order valence-electron chi connectivity index (χ2n) is 3.31. The van der Waals surface area contributed by atoms with Gasteiger partial charge < -0.3 is 10.4 Å². The summed E-state index contributed by atoms with van der Waals surface area (Å²) in [5.74, 6) is -1.05. The van der Waals surface area contributed by atoms with Gasteiger partial charge in [-0.2, -0.15) is 0 Å². The monoisotopic (exact) mass is 220 g/mol. The second kappa shape index (κ2) is 5.63. The van der Waals surface area contributed by atoms with Crippen LogP contribution in [0.5, 0.6) is 0 Å². The highest BCUT2D eigenvalue weighted by atomic mass is 16.4. The minimum Gasteiger partial charge on any atom is -0.480 e. The average molecular weight is 220 g/mol. The molecule has 0 spiro atoms. The lowest BCUT2D eigenvalue weighted by Gasteiger charge is -2.13. The fraction of sp³-hybridized carbons (Fsp3) is 0.300. The number of hydrogen-bond acceptors (Lipinski definition) is 3. The molecular formula is C10H12N4O2. The standard InChI is InChI=1S/C10H12N4O2/c1-7-2-4-8(5-3-7)13-9(10(15)16)6-12-14-11/h2-5,9,13H,6H2,1H3,(H,15,16).